The Hall–Kier alpha value is -1.51. The number of likely N-dealkylation sites (N-methyl/N-ethyl adjacent to an activating group) is 1. The van der Waals surface area contributed by atoms with Gasteiger partial charge < -0.3 is 10.0 Å². The van der Waals surface area contributed by atoms with Crippen LogP contribution in [0.15, 0.2) is 24.3 Å². The van der Waals surface area contributed by atoms with E-state index in [1.807, 2.05) is 18.0 Å². The van der Waals surface area contributed by atoms with Crippen LogP contribution in [-0.4, -0.2) is 29.0 Å². The van der Waals surface area contributed by atoms with Crippen LogP contribution in [0.25, 0.3) is 0 Å². The lowest BCUT2D eigenvalue weighted by Crippen LogP contribution is -2.42. The first kappa shape index (κ1) is 11.0. The highest BCUT2D eigenvalue weighted by atomic mass is 16.3. The normalized spacial score (nSPS) is 15.6. The van der Waals surface area contributed by atoms with E-state index in [0.717, 1.165) is 18.4 Å². The summed E-state index contributed by atoms with van der Waals surface area (Å²) in [5.74, 6) is 0.354. The van der Waals surface area contributed by atoms with Gasteiger partial charge in [-0.05, 0) is 37.0 Å². The lowest BCUT2D eigenvalue weighted by atomic mass is 9.91. The summed E-state index contributed by atoms with van der Waals surface area (Å²) in [5.41, 5.74) is 0.871. The molecule has 0 spiro atoms. The molecule has 86 valence electrons. The second kappa shape index (κ2) is 4.56. The van der Waals surface area contributed by atoms with E-state index in [0.29, 0.717) is 12.5 Å². The fourth-order valence-electron chi connectivity index (χ4n) is 1.94. The van der Waals surface area contributed by atoms with Gasteiger partial charge in [0, 0.05) is 13.1 Å². The number of carbonyl (C=O) groups excluding carboxylic acids is 1. The van der Waals surface area contributed by atoms with Gasteiger partial charge in [-0.1, -0.05) is 12.1 Å². The molecule has 1 aromatic rings. The van der Waals surface area contributed by atoms with Crippen LogP contribution in [0.1, 0.15) is 24.8 Å². The summed E-state index contributed by atoms with van der Waals surface area (Å²) in [5, 5.41) is 9.31. The van der Waals surface area contributed by atoms with E-state index >= 15 is 0 Å². The summed E-state index contributed by atoms with van der Waals surface area (Å²) in [6.45, 7) is 0. The number of nitrogens with zero attached hydrogens (tertiary/aromatic N) is 1. The molecule has 1 aliphatic carbocycles. The third-order valence-corrected chi connectivity index (χ3v) is 3.28. The molecule has 0 atom stereocenters. The van der Waals surface area contributed by atoms with Gasteiger partial charge in [-0.2, -0.15) is 0 Å². The van der Waals surface area contributed by atoms with Crippen LogP contribution in [-0.2, 0) is 11.2 Å². The minimum absolute atomic E-state index is 0.135. The molecule has 16 heavy (non-hydrogen) atoms. The number of phenolic OH excluding ortho intramolecular Hbond substituents is 1. The van der Waals surface area contributed by atoms with E-state index in [4.69, 9.17) is 0 Å². The van der Waals surface area contributed by atoms with Gasteiger partial charge in [0.15, 0.2) is 0 Å². The summed E-state index contributed by atoms with van der Waals surface area (Å²) in [6, 6.07) is 7.33. The zero-order valence-corrected chi connectivity index (χ0v) is 9.52. The van der Waals surface area contributed by atoms with Crippen molar-refractivity contribution in [2.75, 3.05) is 7.05 Å². The van der Waals surface area contributed by atoms with Crippen molar-refractivity contribution in [3.05, 3.63) is 29.8 Å². The number of amides is 1. The highest BCUT2D eigenvalue weighted by Gasteiger charge is 2.25. The molecule has 1 aromatic carbocycles. The Labute approximate surface area is 95.7 Å². The number of phenols is 1. The van der Waals surface area contributed by atoms with Crippen LogP contribution in [0.3, 0.4) is 0 Å². The van der Waals surface area contributed by atoms with E-state index in [9.17, 15) is 9.90 Å². The molecule has 1 saturated carbocycles. The van der Waals surface area contributed by atoms with Crippen molar-refractivity contribution in [1.82, 2.24) is 4.90 Å². The van der Waals surface area contributed by atoms with Crippen molar-refractivity contribution >= 4 is 5.91 Å². The predicted molar refractivity (Wildman–Crippen MR) is 62.2 cm³/mol. The molecule has 1 aliphatic rings. The predicted octanol–water partition coefficient (Wildman–Crippen LogP) is 1.95. The molecule has 0 aliphatic heterocycles. The van der Waals surface area contributed by atoms with Gasteiger partial charge in [-0.25, -0.2) is 0 Å². The van der Waals surface area contributed by atoms with E-state index < -0.39 is 0 Å². The minimum atomic E-state index is 0.135. The molecule has 0 unspecified atom stereocenters. The third kappa shape index (κ3) is 2.35. The molecule has 0 saturated heterocycles. The van der Waals surface area contributed by atoms with Crippen molar-refractivity contribution in [3.8, 4) is 5.75 Å². The molecule has 0 bridgehead atoms. The van der Waals surface area contributed by atoms with E-state index in [2.05, 4.69) is 0 Å². The summed E-state index contributed by atoms with van der Waals surface area (Å²) in [7, 11) is 1.87. The number of hydrogen-bond donors (Lipinski definition) is 1. The Balaban J connectivity index is 1.96. The molecule has 2 rings (SSSR count). The molecule has 1 N–H and O–H groups in total. The molecule has 3 heteroatoms. The minimum Gasteiger partial charge on any atom is -0.508 e. The van der Waals surface area contributed by atoms with Crippen LogP contribution in [0.5, 0.6) is 5.75 Å². The first-order valence-electron chi connectivity index (χ1n) is 5.70. The molecule has 1 amide bonds. The molecular formula is C13H17NO2. The molecule has 0 aromatic heterocycles. The van der Waals surface area contributed by atoms with Crippen LogP contribution >= 0.6 is 0 Å². The van der Waals surface area contributed by atoms with Gasteiger partial charge in [0.05, 0.1) is 6.42 Å². The Morgan fingerprint density at radius 3 is 2.81 bits per heavy atom. The summed E-state index contributed by atoms with van der Waals surface area (Å²) in [4.78, 5) is 13.7. The highest BCUT2D eigenvalue weighted by Crippen LogP contribution is 2.24. The second-order valence-corrected chi connectivity index (χ2v) is 4.44. The van der Waals surface area contributed by atoms with Crippen LogP contribution in [0.2, 0.25) is 0 Å². The van der Waals surface area contributed by atoms with Crippen molar-refractivity contribution in [1.29, 1.82) is 0 Å². The van der Waals surface area contributed by atoms with Gasteiger partial charge in [0.1, 0.15) is 5.75 Å². The van der Waals surface area contributed by atoms with Gasteiger partial charge >= 0.3 is 0 Å². The van der Waals surface area contributed by atoms with Crippen molar-refractivity contribution < 1.29 is 9.90 Å². The van der Waals surface area contributed by atoms with Crippen molar-refractivity contribution in [2.45, 2.75) is 31.7 Å². The van der Waals surface area contributed by atoms with Gasteiger partial charge in [-0.3, -0.25) is 4.79 Å². The Kier molecular flexibility index (Phi) is 3.13. The van der Waals surface area contributed by atoms with E-state index in [-0.39, 0.29) is 11.7 Å². The number of carbonyl (C=O) groups is 1. The van der Waals surface area contributed by atoms with Gasteiger partial charge in [0.2, 0.25) is 5.91 Å². The maximum atomic E-state index is 11.9. The Morgan fingerprint density at radius 2 is 2.25 bits per heavy atom. The maximum absolute atomic E-state index is 11.9. The molecule has 1 fully saturated rings. The van der Waals surface area contributed by atoms with E-state index in [1.165, 1.54) is 6.42 Å². The zero-order valence-electron chi connectivity index (χ0n) is 9.52. The smallest absolute Gasteiger partial charge is 0.226 e. The number of hydrogen-bond acceptors (Lipinski definition) is 2. The third-order valence-electron chi connectivity index (χ3n) is 3.28. The topological polar surface area (TPSA) is 40.5 Å². The van der Waals surface area contributed by atoms with E-state index in [1.54, 1.807) is 18.2 Å². The number of benzene rings is 1. The maximum Gasteiger partial charge on any atom is 0.226 e. The van der Waals surface area contributed by atoms with Crippen LogP contribution < -0.4 is 0 Å². The average molecular weight is 219 g/mol. The lowest BCUT2D eigenvalue weighted by molar-refractivity contribution is -0.132. The van der Waals surface area contributed by atoms with Crippen molar-refractivity contribution in [2.24, 2.45) is 0 Å². The van der Waals surface area contributed by atoms with Crippen molar-refractivity contribution in [3.63, 3.8) is 0 Å². The van der Waals surface area contributed by atoms with Crippen LogP contribution in [0.4, 0.5) is 0 Å². The summed E-state index contributed by atoms with van der Waals surface area (Å²) >= 11 is 0. The zero-order chi connectivity index (χ0) is 11.5. The molecule has 0 heterocycles. The van der Waals surface area contributed by atoms with Crippen LogP contribution in [0, 0.1) is 0 Å². The summed E-state index contributed by atoms with van der Waals surface area (Å²) in [6.07, 6.45) is 3.86. The second-order valence-electron chi connectivity index (χ2n) is 4.44. The average Bonchev–Trinajstić information content (AvgIpc) is 2.14. The molecule has 3 nitrogen and oxygen atoms in total. The molecular weight excluding hydrogens is 202 g/mol. The Bertz CT molecular complexity index is 385. The quantitative estimate of drug-likeness (QED) is 0.844. The monoisotopic (exact) mass is 219 g/mol. The first-order chi connectivity index (χ1) is 7.66. The largest absolute Gasteiger partial charge is 0.508 e. The summed E-state index contributed by atoms with van der Waals surface area (Å²) < 4.78 is 0. The van der Waals surface area contributed by atoms with Gasteiger partial charge in [-0.15, -0.1) is 0 Å². The SMILES string of the molecule is CN(C(=O)Cc1cccc(O)c1)C1CCC1. The number of aromatic hydroxyl groups is 1. The fraction of sp³-hybridized carbons (Fsp3) is 0.462. The first-order valence-corrected chi connectivity index (χ1v) is 5.70. The van der Waals surface area contributed by atoms with Gasteiger partial charge in [0.25, 0.3) is 0 Å². The number of rotatable bonds is 3. The lowest BCUT2D eigenvalue weighted by Gasteiger charge is -2.34. The fourth-order valence-corrected chi connectivity index (χ4v) is 1.94. The highest BCUT2D eigenvalue weighted by molar-refractivity contribution is 5.79. The Morgan fingerprint density at radius 1 is 1.50 bits per heavy atom. The standard InChI is InChI=1S/C13H17NO2/c1-14(11-5-3-6-11)13(16)9-10-4-2-7-12(15)8-10/h2,4,7-8,11,15H,3,5-6,9H2,1H3. The molecule has 0 radical (unpaired) electrons.